The summed E-state index contributed by atoms with van der Waals surface area (Å²) < 4.78 is 17.5. The number of aryl methyl sites for hydroxylation is 2. The fourth-order valence-corrected chi connectivity index (χ4v) is 4.95. The highest BCUT2D eigenvalue weighted by molar-refractivity contribution is 7.99. The van der Waals surface area contributed by atoms with Crippen LogP contribution in [0.5, 0.6) is 6.01 Å². The summed E-state index contributed by atoms with van der Waals surface area (Å²) in [5.41, 5.74) is 2.59. The lowest BCUT2D eigenvalue weighted by atomic mass is 10.00. The Kier molecular flexibility index (Phi) is 13.0. The first-order chi connectivity index (χ1) is 17.7. The summed E-state index contributed by atoms with van der Waals surface area (Å²) in [5.74, 6) is 0.749. The second kappa shape index (κ2) is 16.5. The Morgan fingerprint density at radius 3 is 2.25 bits per heavy atom. The molecule has 1 aromatic heterocycles. The molecule has 3 rings (SSSR count). The molecule has 0 saturated heterocycles. The smallest absolute Gasteiger partial charge is 0.316 e. The lowest BCUT2D eigenvalue weighted by molar-refractivity contribution is 0.0298. The van der Waals surface area contributed by atoms with Crippen LogP contribution < -0.4 is 4.74 Å². The first kappa shape index (κ1) is 28.4. The maximum Gasteiger partial charge on any atom is 0.316 e. The van der Waals surface area contributed by atoms with Crippen LogP contribution in [0.1, 0.15) is 50.7 Å². The van der Waals surface area contributed by atoms with Crippen LogP contribution in [0.2, 0.25) is 0 Å². The van der Waals surface area contributed by atoms with Crippen LogP contribution in [-0.2, 0) is 22.3 Å². The summed E-state index contributed by atoms with van der Waals surface area (Å²) in [6, 6.07) is 15.8. The summed E-state index contributed by atoms with van der Waals surface area (Å²) in [6.07, 6.45) is 9.96. The van der Waals surface area contributed by atoms with Crippen LogP contribution in [0, 0.1) is 0 Å². The number of thioether (sulfide) groups is 1. The molecule has 6 nitrogen and oxygen atoms in total. The number of hydrogen-bond acceptors (Lipinski definition) is 7. The molecule has 0 radical (unpaired) electrons. The number of aromatic nitrogens is 2. The van der Waals surface area contributed by atoms with E-state index in [9.17, 15) is 0 Å². The molecule has 0 aliphatic carbocycles. The molecule has 3 aromatic rings. The molecule has 0 aliphatic heterocycles. The predicted molar refractivity (Wildman–Crippen MR) is 148 cm³/mol. The third-order valence-corrected chi connectivity index (χ3v) is 7.14. The Hall–Kier alpha value is -2.19. The number of unbranched alkanes of at least 4 members (excludes halogenated alkanes) is 2. The van der Waals surface area contributed by atoms with Crippen molar-refractivity contribution in [1.82, 2.24) is 9.97 Å². The molecular weight excluding hydrogens is 472 g/mol. The molecule has 36 heavy (non-hydrogen) atoms. The standard InChI is InChI=1S/C29H40N2O4S/c1-3-4-5-8-24-10-12-27-22-25(11-13-26(27)21-24)9-6-17-34-28(36-20-19-33-18-16-32)23(2)35-29-30-14-7-15-31-29/h7,10-15,21-23,28,32H,3-6,8-9,16-20H2,1-2H3. The monoisotopic (exact) mass is 512 g/mol. The van der Waals surface area contributed by atoms with Gasteiger partial charge in [-0.1, -0.05) is 56.2 Å². The minimum absolute atomic E-state index is 0.0321. The molecule has 0 spiro atoms. The van der Waals surface area contributed by atoms with E-state index in [1.54, 1.807) is 30.2 Å². The first-order valence-corrected chi connectivity index (χ1v) is 14.1. The molecule has 2 aromatic carbocycles. The molecule has 2 unspecified atom stereocenters. The summed E-state index contributed by atoms with van der Waals surface area (Å²) in [7, 11) is 0. The first-order valence-electron chi connectivity index (χ1n) is 13.1. The Morgan fingerprint density at radius 2 is 1.58 bits per heavy atom. The van der Waals surface area contributed by atoms with Crippen LogP contribution >= 0.6 is 11.8 Å². The fraction of sp³-hybridized carbons (Fsp3) is 0.517. The Morgan fingerprint density at radius 1 is 0.889 bits per heavy atom. The second-order valence-corrected chi connectivity index (χ2v) is 10.1. The van der Waals surface area contributed by atoms with Gasteiger partial charge < -0.3 is 19.3 Å². The van der Waals surface area contributed by atoms with E-state index in [2.05, 4.69) is 53.3 Å². The average Bonchev–Trinajstić information content (AvgIpc) is 2.90. The van der Waals surface area contributed by atoms with E-state index >= 15 is 0 Å². The summed E-state index contributed by atoms with van der Waals surface area (Å²) in [6.45, 7) is 5.79. The van der Waals surface area contributed by atoms with Gasteiger partial charge in [0.1, 0.15) is 11.5 Å². The van der Waals surface area contributed by atoms with Gasteiger partial charge in [-0.25, -0.2) is 9.97 Å². The zero-order chi connectivity index (χ0) is 25.4. The maximum atomic E-state index is 8.88. The number of nitrogens with zero attached hydrogens (tertiary/aromatic N) is 2. The van der Waals surface area contributed by atoms with E-state index in [-0.39, 0.29) is 18.1 Å². The number of aliphatic hydroxyl groups is 1. The number of rotatable bonds is 18. The number of ether oxygens (including phenoxy) is 3. The Labute approximate surface area is 219 Å². The third-order valence-electron chi connectivity index (χ3n) is 5.89. The van der Waals surface area contributed by atoms with E-state index < -0.39 is 0 Å². The van der Waals surface area contributed by atoms with Gasteiger partial charge in [0, 0.05) is 24.8 Å². The van der Waals surface area contributed by atoms with Crippen molar-refractivity contribution in [2.75, 3.05) is 32.2 Å². The normalized spacial score (nSPS) is 13.1. The molecule has 7 heteroatoms. The number of hydrogen-bond donors (Lipinski definition) is 1. The Balaban J connectivity index is 1.49. The van der Waals surface area contributed by atoms with Gasteiger partial charge in [-0.3, -0.25) is 0 Å². The van der Waals surface area contributed by atoms with E-state index in [1.807, 2.05) is 6.92 Å². The van der Waals surface area contributed by atoms with Crippen LogP contribution in [-0.4, -0.2) is 58.8 Å². The molecule has 0 bridgehead atoms. The van der Waals surface area contributed by atoms with E-state index in [0.29, 0.717) is 25.8 Å². The van der Waals surface area contributed by atoms with Gasteiger partial charge in [0.15, 0.2) is 0 Å². The molecule has 0 saturated carbocycles. The Bertz CT molecular complexity index is 1000. The largest absolute Gasteiger partial charge is 0.457 e. The van der Waals surface area contributed by atoms with Crippen molar-refractivity contribution in [2.24, 2.45) is 0 Å². The van der Waals surface area contributed by atoms with Crippen molar-refractivity contribution in [3.63, 3.8) is 0 Å². The molecule has 0 fully saturated rings. The van der Waals surface area contributed by atoms with Crippen molar-refractivity contribution >= 4 is 22.5 Å². The number of fused-ring (bicyclic) bond motifs is 1. The quantitative estimate of drug-likeness (QED) is 0.169. The van der Waals surface area contributed by atoms with Crippen LogP contribution in [0.4, 0.5) is 0 Å². The van der Waals surface area contributed by atoms with Crippen molar-refractivity contribution < 1.29 is 19.3 Å². The molecule has 1 heterocycles. The van der Waals surface area contributed by atoms with Crippen LogP contribution in [0.25, 0.3) is 10.8 Å². The zero-order valence-electron chi connectivity index (χ0n) is 21.6. The van der Waals surface area contributed by atoms with Gasteiger partial charge in [-0.05, 0) is 60.6 Å². The minimum atomic E-state index is -0.220. The average molecular weight is 513 g/mol. The molecule has 1 N–H and O–H groups in total. The molecule has 0 amide bonds. The SMILES string of the molecule is CCCCCc1ccc2cc(CCCOC(SCCOCCO)C(C)Oc3ncccn3)ccc2c1. The van der Waals surface area contributed by atoms with Gasteiger partial charge in [0.2, 0.25) is 0 Å². The lowest BCUT2D eigenvalue weighted by Crippen LogP contribution is -2.30. The molecular formula is C29H40N2O4S. The van der Waals surface area contributed by atoms with Crippen molar-refractivity contribution in [3.8, 4) is 6.01 Å². The molecule has 196 valence electrons. The van der Waals surface area contributed by atoms with Gasteiger partial charge in [-0.15, -0.1) is 11.8 Å². The van der Waals surface area contributed by atoms with Crippen molar-refractivity contribution in [2.45, 2.75) is 63.9 Å². The minimum Gasteiger partial charge on any atom is -0.457 e. The van der Waals surface area contributed by atoms with Gasteiger partial charge >= 0.3 is 6.01 Å². The highest BCUT2D eigenvalue weighted by Crippen LogP contribution is 2.22. The summed E-state index contributed by atoms with van der Waals surface area (Å²) in [4.78, 5) is 8.31. The molecule has 2 atom stereocenters. The predicted octanol–water partition coefficient (Wildman–Crippen LogP) is 5.85. The third kappa shape index (κ3) is 10.1. The van der Waals surface area contributed by atoms with Crippen molar-refractivity contribution in [3.05, 3.63) is 66.0 Å². The van der Waals surface area contributed by atoms with Crippen LogP contribution in [0.3, 0.4) is 0 Å². The molecule has 0 aliphatic rings. The van der Waals surface area contributed by atoms with Gasteiger partial charge in [0.05, 0.1) is 19.8 Å². The highest BCUT2D eigenvalue weighted by atomic mass is 32.2. The van der Waals surface area contributed by atoms with Crippen LogP contribution in [0.15, 0.2) is 54.9 Å². The van der Waals surface area contributed by atoms with Gasteiger partial charge in [-0.2, -0.15) is 0 Å². The van der Waals surface area contributed by atoms with Crippen molar-refractivity contribution in [1.29, 1.82) is 0 Å². The van der Waals surface area contributed by atoms with E-state index in [4.69, 9.17) is 19.3 Å². The van der Waals surface area contributed by atoms with E-state index in [1.165, 1.54) is 41.2 Å². The fourth-order valence-electron chi connectivity index (χ4n) is 3.99. The number of aliphatic hydroxyl groups excluding tert-OH is 1. The van der Waals surface area contributed by atoms with Gasteiger partial charge in [0.25, 0.3) is 0 Å². The highest BCUT2D eigenvalue weighted by Gasteiger charge is 2.21. The number of benzene rings is 2. The second-order valence-electron chi connectivity index (χ2n) is 8.88. The maximum absolute atomic E-state index is 8.88. The lowest BCUT2D eigenvalue weighted by Gasteiger charge is -2.24. The summed E-state index contributed by atoms with van der Waals surface area (Å²) in [5, 5.41) is 11.5. The van der Waals surface area contributed by atoms with E-state index in [0.717, 1.165) is 25.0 Å². The topological polar surface area (TPSA) is 73.7 Å². The summed E-state index contributed by atoms with van der Waals surface area (Å²) >= 11 is 1.65. The zero-order valence-corrected chi connectivity index (χ0v) is 22.4.